The van der Waals surface area contributed by atoms with Crippen molar-refractivity contribution in [3.05, 3.63) is 138 Å². The van der Waals surface area contributed by atoms with Gasteiger partial charge >= 0.3 is 11.9 Å². The third-order valence-electron chi connectivity index (χ3n) is 7.27. The molecule has 6 aromatic rings. The molecule has 0 bridgehead atoms. The van der Waals surface area contributed by atoms with Gasteiger partial charge in [-0.15, -0.1) is 0 Å². The molecule has 6 aromatic carbocycles. The fourth-order valence-electron chi connectivity index (χ4n) is 5.50. The largest absolute Gasteiger partial charge is 0.450 e. The van der Waals surface area contributed by atoms with E-state index >= 15 is 0 Å². The molecule has 0 N–H and O–H groups in total. The third-order valence-corrected chi connectivity index (χ3v) is 7.27. The van der Waals surface area contributed by atoms with E-state index in [0.29, 0.717) is 11.1 Å². The van der Waals surface area contributed by atoms with Crippen LogP contribution in [0.5, 0.6) is 0 Å². The van der Waals surface area contributed by atoms with Crippen molar-refractivity contribution < 1.29 is 19.1 Å². The molecule has 0 radical (unpaired) electrons. The number of esters is 2. The predicted octanol–water partition coefficient (Wildman–Crippen LogP) is 7.73. The van der Waals surface area contributed by atoms with Gasteiger partial charge in [0.1, 0.15) is 0 Å². The monoisotopic (exact) mass is 494 g/mol. The Hall–Kier alpha value is -4.96. The molecule has 0 fully saturated rings. The van der Waals surface area contributed by atoms with Crippen molar-refractivity contribution >= 4 is 50.3 Å². The second-order valence-corrected chi connectivity index (χ2v) is 9.52. The van der Waals surface area contributed by atoms with E-state index in [1.54, 1.807) is 48.5 Å². The Balaban J connectivity index is 1.37. The fraction of sp³-hybridized carbons (Fsp3) is 0.0588. The normalized spacial score (nSPS) is 16.5. The van der Waals surface area contributed by atoms with Gasteiger partial charge in [-0.2, -0.15) is 0 Å². The van der Waals surface area contributed by atoms with E-state index in [2.05, 4.69) is 48.5 Å². The summed E-state index contributed by atoms with van der Waals surface area (Å²) >= 11 is 0. The minimum atomic E-state index is -0.808. The number of rotatable bonds is 4. The number of benzene rings is 6. The molecular formula is C34H22O4. The molecule has 4 nitrogen and oxygen atoms in total. The van der Waals surface area contributed by atoms with Gasteiger partial charge in [0, 0.05) is 5.56 Å². The molecule has 1 aliphatic rings. The number of carbonyl (C=O) groups excluding carboxylic acids is 2. The van der Waals surface area contributed by atoms with Gasteiger partial charge < -0.3 is 9.47 Å². The van der Waals surface area contributed by atoms with Crippen LogP contribution in [-0.2, 0) is 9.47 Å². The zero-order chi connectivity index (χ0) is 25.6. The topological polar surface area (TPSA) is 52.6 Å². The summed E-state index contributed by atoms with van der Waals surface area (Å²) in [7, 11) is 0. The van der Waals surface area contributed by atoms with Crippen molar-refractivity contribution in [3.8, 4) is 0 Å². The lowest BCUT2D eigenvalue weighted by Gasteiger charge is -2.30. The zero-order valence-corrected chi connectivity index (χ0v) is 20.3. The highest BCUT2D eigenvalue weighted by molar-refractivity contribution is 6.24. The standard InChI is InChI=1S/C34H22O4/c35-33(23-8-3-1-4-9-23)37-29-19-18-26-27-17-16-22-13-7-12-21-14-15-25(31(27)30(21)22)20-28(26)32(29)38-34(36)24-10-5-2-6-11-24/h1-20,29,32H/t29-,32+/m0/s1. The highest BCUT2D eigenvalue weighted by Crippen LogP contribution is 2.43. The van der Waals surface area contributed by atoms with Crippen molar-refractivity contribution in [1.82, 2.24) is 0 Å². The van der Waals surface area contributed by atoms with Gasteiger partial charge in [-0.05, 0) is 74.3 Å². The van der Waals surface area contributed by atoms with Crippen molar-refractivity contribution in [2.24, 2.45) is 0 Å². The Morgan fingerprint density at radius 2 is 1.18 bits per heavy atom. The zero-order valence-electron chi connectivity index (χ0n) is 20.3. The van der Waals surface area contributed by atoms with E-state index in [4.69, 9.17) is 9.47 Å². The van der Waals surface area contributed by atoms with Crippen molar-refractivity contribution in [1.29, 1.82) is 0 Å². The summed E-state index contributed by atoms with van der Waals surface area (Å²) < 4.78 is 12.0. The number of fused-ring (bicyclic) bond motifs is 2. The first-order valence-electron chi connectivity index (χ1n) is 12.6. The van der Waals surface area contributed by atoms with Crippen LogP contribution in [0.1, 0.15) is 37.9 Å². The minimum absolute atomic E-state index is 0.439. The second kappa shape index (κ2) is 8.86. The van der Waals surface area contributed by atoms with Crippen LogP contribution in [0.3, 0.4) is 0 Å². The van der Waals surface area contributed by atoms with Crippen LogP contribution in [0.25, 0.3) is 38.4 Å². The molecule has 0 unspecified atom stereocenters. The first-order chi connectivity index (χ1) is 18.7. The van der Waals surface area contributed by atoms with E-state index < -0.39 is 24.1 Å². The fourth-order valence-corrected chi connectivity index (χ4v) is 5.50. The number of carbonyl (C=O) groups is 2. The molecular weight excluding hydrogens is 472 g/mol. The molecule has 0 saturated heterocycles. The molecule has 0 aromatic heterocycles. The Morgan fingerprint density at radius 1 is 0.579 bits per heavy atom. The van der Waals surface area contributed by atoms with Gasteiger partial charge in [-0.3, -0.25) is 0 Å². The summed E-state index contributed by atoms with van der Waals surface area (Å²) in [4.78, 5) is 26.2. The molecule has 0 spiro atoms. The maximum Gasteiger partial charge on any atom is 0.338 e. The number of hydrogen-bond donors (Lipinski definition) is 0. The van der Waals surface area contributed by atoms with Gasteiger partial charge in [0.2, 0.25) is 0 Å². The molecule has 4 heteroatoms. The molecule has 0 saturated carbocycles. The smallest absolute Gasteiger partial charge is 0.338 e. The maximum absolute atomic E-state index is 13.2. The van der Waals surface area contributed by atoms with Gasteiger partial charge in [0.15, 0.2) is 12.2 Å². The first kappa shape index (κ1) is 22.3. The number of ether oxygens (including phenoxy) is 2. The van der Waals surface area contributed by atoms with Crippen LogP contribution in [0, 0.1) is 0 Å². The summed E-state index contributed by atoms with van der Waals surface area (Å²) in [6.07, 6.45) is 2.22. The van der Waals surface area contributed by atoms with Gasteiger partial charge in [0.25, 0.3) is 0 Å². The van der Waals surface area contributed by atoms with Gasteiger partial charge in [-0.1, -0.05) is 84.9 Å². The van der Waals surface area contributed by atoms with Crippen molar-refractivity contribution in [2.45, 2.75) is 12.2 Å². The average molecular weight is 495 g/mol. The van der Waals surface area contributed by atoms with E-state index in [9.17, 15) is 9.59 Å². The highest BCUT2D eigenvalue weighted by atomic mass is 16.6. The SMILES string of the molecule is O=C(O[C@H]1C=Cc2c(cc3ccc4cccc5ccc2c3c45)[C@H]1OC(=O)c1ccccc1)c1ccccc1. The van der Waals surface area contributed by atoms with E-state index in [1.807, 2.05) is 24.3 Å². The third kappa shape index (κ3) is 3.61. The summed E-state index contributed by atoms with van der Waals surface area (Å²) in [6, 6.07) is 34.6. The van der Waals surface area contributed by atoms with Gasteiger partial charge in [-0.25, -0.2) is 9.59 Å². The van der Waals surface area contributed by atoms with E-state index in [-0.39, 0.29) is 0 Å². The van der Waals surface area contributed by atoms with Crippen LogP contribution in [0.15, 0.2) is 115 Å². The maximum atomic E-state index is 13.2. The van der Waals surface area contributed by atoms with Crippen LogP contribution in [0.2, 0.25) is 0 Å². The molecule has 2 atom stereocenters. The van der Waals surface area contributed by atoms with E-state index in [1.165, 1.54) is 21.5 Å². The predicted molar refractivity (Wildman–Crippen MR) is 149 cm³/mol. The lowest BCUT2D eigenvalue weighted by atomic mass is 9.84. The quantitative estimate of drug-likeness (QED) is 0.186. The van der Waals surface area contributed by atoms with Crippen LogP contribution in [0.4, 0.5) is 0 Å². The van der Waals surface area contributed by atoms with Gasteiger partial charge in [0.05, 0.1) is 11.1 Å². The lowest BCUT2D eigenvalue weighted by Crippen LogP contribution is -2.30. The van der Waals surface area contributed by atoms with Crippen LogP contribution < -0.4 is 0 Å². The Labute approximate surface area is 219 Å². The molecule has 0 aliphatic heterocycles. The summed E-state index contributed by atoms with van der Waals surface area (Å²) in [5.74, 6) is -0.940. The molecule has 1 aliphatic carbocycles. The lowest BCUT2D eigenvalue weighted by molar-refractivity contribution is -0.0228. The Kier molecular flexibility index (Phi) is 5.19. The summed E-state index contributed by atoms with van der Waals surface area (Å²) in [5, 5.41) is 6.88. The summed E-state index contributed by atoms with van der Waals surface area (Å²) in [6.45, 7) is 0. The Bertz CT molecular complexity index is 1840. The van der Waals surface area contributed by atoms with Crippen LogP contribution in [-0.4, -0.2) is 18.0 Å². The molecule has 182 valence electrons. The average Bonchev–Trinajstić information content (AvgIpc) is 2.97. The van der Waals surface area contributed by atoms with Crippen LogP contribution >= 0.6 is 0 Å². The van der Waals surface area contributed by atoms with E-state index in [0.717, 1.165) is 21.9 Å². The highest BCUT2D eigenvalue weighted by Gasteiger charge is 2.34. The minimum Gasteiger partial charge on any atom is -0.450 e. The van der Waals surface area contributed by atoms with Crippen molar-refractivity contribution in [3.63, 3.8) is 0 Å². The number of hydrogen-bond acceptors (Lipinski definition) is 4. The molecule has 0 amide bonds. The molecule has 0 heterocycles. The Morgan fingerprint density at radius 3 is 1.87 bits per heavy atom. The molecule has 38 heavy (non-hydrogen) atoms. The summed E-state index contributed by atoms with van der Waals surface area (Å²) in [5.41, 5.74) is 2.66. The molecule has 7 rings (SSSR count). The second-order valence-electron chi connectivity index (χ2n) is 9.52. The first-order valence-corrected chi connectivity index (χ1v) is 12.6. The van der Waals surface area contributed by atoms with Crippen molar-refractivity contribution in [2.75, 3.05) is 0 Å².